The van der Waals surface area contributed by atoms with Gasteiger partial charge in [0.15, 0.2) is 0 Å². The van der Waals surface area contributed by atoms with Gasteiger partial charge in [0.2, 0.25) is 0 Å². The van der Waals surface area contributed by atoms with Gasteiger partial charge >= 0.3 is 0 Å². The zero-order valence-electron chi connectivity index (χ0n) is 15.2. The van der Waals surface area contributed by atoms with E-state index in [1.807, 2.05) is 0 Å². The van der Waals surface area contributed by atoms with Crippen molar-refractivity contribution in [1.29, 1.82) is 0 Å². The first-order chi connectivity index (χ1) is 9.97. The number of piperidine rings is 1. The van der Waals surface area contributed by atoms with E-state index < -0.39 is 0 Å². The number of ether oxygens (including phenoxy) is 2. The average Bonchev–Trinajstić information content (AvgIpc) is 2.47. The van der Waals surface area contributed by atoms with Crippen LogP contribution in [0.4, 0.5) is 0 Å². The fourth-order valence-electron chi connectivity index (χ4n) is 3.89. The van der Waals surface area contributed by atoms with Gasteiger partial charge in [0, 0.05) is 13.2 Å². The van der Waals surface area contributed by atoms with E-state index in [4.69, 9.17) is 9.47 Å². The normalized spacial score (nSPS) is 19.9. The summed E-state index contributed by atoms with van der Waals surface area (Å²) in [5, 5.41) is 0. The molecule has 0 atom stereocenters. The van der Waals surface area contributed by atoms with Crippen LogP contribution in [0.1, 0.15) is 54.4 Å². The lowest BCUT2D eigenvalue weighted by atomic mass is 9.63. The van der Waals surface area contributed by atoms with Gasteiger partial charge in [0.05, 0.1) is 19.3 Å². The van der Waals surface area contributed by atoms with Crippen molar-refractivity contribution in [2.24, 2.45) is 17.3 Å². The van der Waals surface area contributed by atoms with Crippen LogP contribution in [0.5, 0.6) is 0 Å². The van der Waals surface area contributed by atoms with Crippen LogP contribution < -0.4 is 0 Å². The Bertz CT molecular complexity index is 252. The third-order valence-corrected chi connectivity index (χ3v) is 5.57. The molecule has 0 N–H and O–H groups in total. The van der Waals surface area contributed by atoms with Crippen LogP contribution in [-0.4, -0.2) is 50.5 Å². The highest BCUT2D eigenvalue weighted by molar-refractivity contribution is 4.92. The maximum Gasteiger partial charge on any atom is 0.0644 e. The molecule has 1 heterocycles. The van der Waals surface area contributed by atoms with Crippen LogP contribution in [0.15, 0.2) is 0 Å². The van der Waals surface area contributed by atoms with Crippen LogP contribution in [0.25, 0.3) is 0 Å². The molecule has 3 heteroatoms. The van der Waals surface area contributed by atoms with E-state index in [2.05, 4.69) is 46.4 Å². The van der Waals surface area contributed by atoms with Crippen LogP contribution in [0.2, 0.25) is 0 Å². The molecule has 0 aromatic rings. The summed E-state index contributed by atoms with van der Waals surface area (Å²) in [6, 6.07) is 0.419. The van der Waals surface area contributed by atoms with Gasteiger partial charge in [-0.3, -0.25) is 4.90 Å². The summed E-state index contributed by atoms with van der Waals surface area (Å²) in [5.41, 5.74) is 0.512. The fourth-order valence-corrected chi connectivity index (χ4v) is 3.89. The van der Waals surface area contributed by atoms with E-state index in [1.165, 1.54) is 25.9 Å². The van der Waals surface area contributed by atoms with Crippen LogP contribution in [0.3, 0.4) is 0 Å². The van der Waals surface area contributed by atoms with Gasteiger partial charge in [-0.15, -0.1) is 0 Å². The maximum absolute atomic E-state index is 5.67. The first-order valence-electron chi connectivity index (χ1n) is 8.87. The first kappa shape index (κ1) is 18.9. The third kappa shape index (κ3) is 4.94. The second-order valence-corrected chi connectivity index (χ2v) is 7.05. The van der Waals surface area contributed by atoms with E-state index in [1.54, 1.807) is 0 Å². The minimum absolute atomic E-state index is 0.419. The molecule has 0 spiro atoms. The summed E-state index contributed by atoms with van der Waals surface area (Å²) in [7, 11) is 0. The lowest BCUT2D eigenvalue weighted by Crippen LogP contribution is -2.51. The Hall–Kier alpha value is -0.120. The molecule has 0 aromatic carbocycles. The van der Waals surface area contributed by atoms with Crippen LogP contribution in [0, 0.1) is 17.3 Å². The van der Waals surface area contributed by atoms with Gasteiger partial charge in [-0.1, -0.05) is 27.7 Å². The quantitative estimate of drug-likeness (QED) is 0.646. The van der Waals surface area contributed by atoms with E-state index in [-0.39, 0.29) is 0 Å². The van der Waals surface area contributed by atoms with Crippen molar-refractivity contribution in [3.8, 4) is 0 Å². The van der Waals surface area contributed by atoms with E-state index in [0.29, 0.717) is 11.5 Å². The maximum atomic E-state index is 5.67. The molecule has 0 amide bonds. The highest BCUT2D eigenvalue weighted by atomic mass is 16.5. The zero-order valence-corrected chi connectivity index (χ0v) is 15.2. The SMILES string of the molecule is CCOCC(COCC)N1CCC(C(C)C)(C(C)C)CC1. The fraction of sp³-hybridized carbons (Fsp3) is 1.00. The Kier molecular flexibility index (Phi) is 8.22. The Morgan fingerprint density at radius 3 is 1.62 bits per heavy atom. The predicted molar refractivity (Wildman–Crippen MR) is 89.7 cm³/mol. The summed E-state index contributed by atoms with van der Waals surface area (Å²) in [6.45, 7) is 19.3. The molecule has 1 rings (SSSR count). The van der Waals surface area contributed by atoms with Gasteiger partial charge in [0.25, 0.3) is 0 Å². The largest absolute Gasteiger partial charge is 0.380 e. The molecule has 0 bridgehead atoms. The molecular formula is C18H37NO2. The van der Waals surface area contributed by atoms with Crippen molar-refractivity contribution in [1.82, 2.24) is 4.90 Å². The van der Waals surface area contributed by atoms with Crippen molar-refractivity contribution < 1.29 is 9.47 Å². The molecule has 21 heavy (non-hydrogen) atoms. The average molecular weight is 299 g/mol. The van der Waals surface area contributed by atoms with E-state index >= 15 is 0 Å². The summed E-state index contributed by atoms with van der Waals surface area (Å²) < 4.78 is 11.3. The Balaban J connectivity index is 2.62. The molecule has 1 aliphatic rings. The molecular weight excluding hydrogens is 262 g/mol. The van der Waals surface area contributed by atoms with Crippen molar-refractivity contribution in [2.75, 3.05) is 39.5 Å². The highest BCUT2D eigenvalue weighted by Crippen LogP contribution is 2.45. The number of likely N-dealkylation sites (tertiary alicyclic amines) is 1. The predicted octanol–water partition coefficient (Wildman–Crippen LogP) is 3.82. The molecule has 0 unspecified atom stereocenters. The molecule has 1 fully saturated rings. The molecule has 0 radical (unpaired) electrons. The number of hydrogen-bond acceptors (Lipinski definition) is 3. The van der Waals surface area contributed by atoms with Crippen LogP contribution >= 0.6 is 0 Å². The van der Waals surface area contributed by atoms with Crippen molar-refractivity contribution in [3.05, 3.63) is 0 Å². The minimum atomic E-state index is 0.419. The molecule has 0 saturated carbocycles. The lowest BCUT2D eigenvalue weighted by Gasteiger charge is -2.49. The third-order valence-electron chi connectivity index (χ3n) is 5.57. The minimum Gasteiger partial charge on any atom is -0.380 e. The Morgan fingerprint density at radius 2 is 1.29 bits per heavy atom. The second kappa shape index (κ2) is 9.12. The molecule has 0 aliphatic carbocycles. The van der Waals surface area contributed by atoms with Gasteiger partial charge < -0.3 is 9.47 Å². The van der Waals surface area contributed by atoms with Crippen molar-refractivity contribution >= 4 is 0 Å². The second-order valence-electron chi connectivity index (χ2n) is 7.05. The van der Waals surface area contributed by atoms with Crippen molar-refractivity contribution in [3.63, 3.8) is 0 Å². The van der Waals surface area contributed by atoms with Gasteiger partial charge in [-0.25, -0.2) is 0 Å². The number of hydrogen-bond donors (Lipinski definition) is 0. The topological polar surface area (TPSA) is 21.7 Å². The van der Waals surface area contributed by atoms with E-state index in [0.717, 1.165) is 38.3 Å². The van der Waals surface area contributed by atoms with Crippen molar-refractivity contribution in [2.45, 2.75) is 60.4 Å². The van der Waals surface area contributed by atoms with Gasteiger partial charge in [0.1, 0.15) is 0 Å². The molecule has 0 aromatic heterocycles. The molecule has 1 saturated heterocycles. The number of nitrogens with zero attached hydrogens (tertiary/aromatic N) is 1. The Morgan fingerprint density at radius 1 is 0.857 bits per heavy atom. The van der Waals surface area contributed by atoms with Gasteiger partial charge in [-0.05, 0) is 57.0 Å². The number of rotatable bonds is 9. The smallest absolute Gasteiger partial charge is 0.0644 e. The van der Waals surface area contributed by atoms with Crippen LogP contribution in [-0.2, 0) is 9.47 Å². The zero-order chi connectivity index (χ0) is 15.9. The summed E-state index contributed by atoms with van der Waals surface area (Å²) >= 11 is 0. The molecule has 3 nitrogen and oxygen atoms in total. The highest BCUT2D eigenvalue weighted by Gasteiger charge is 2.40. The summed E-state index contributed by atoms with van der Waals surface area (Å²) in [4.78, 5) is 2.59. The molecule has 1 aliphatic heterocycles. The van der Waals surface area contributed by atoms with E-state index in [9.17, 15) is 0 Å². The summed E-state index contributed by atoms with van der Waals surface area (Å²) in [6.07, 6.45) is 2.61. The lowest BCUT2D eigenvalue weighted by molar-refractivity contribution is -0.0386. The van der Waals surface area contributed by atoms with Gasteiger partial charge in [-0.2, -0.15) is 0 Å². The monoisotopic (exact) mass is 299 g/mol. The molecule has 126 valence electrons. The Labute approximate surface area is 132 Å². The first-order valence-corrected chi connectivity index (χ1v) is 8.87. The summed E-state index contributed by atoms with van der Waals surface area (Å²) in [5.74, 6) is 1.52. The standard InChI is InChI=1S/C18H37NO2/c1-7-20-13-17(14-21-8-2)19-11-9-18(10-12-19,15(3)4)16(5)6/h15-17H,7-14H2,1-6H3.